The molecule has 13 heteroatoms. The third-order valence-corrected chi connectivity index (χ3v) is 5.60. The number of hydrogen-bond donors (Lipinski definition) is 4. The number of anilines is 1. The number of ether oxygens (including phenoxy) is 1. The van der Waals surface area contributed by atoms with Crippen LogP contribution in [0.5, 0.6) is 5.75 Å². The maximum atomic E-state index is 14.7. The molecule has 0 aliphatic carbocycles. The summed E-state index contributed by atoms with van der Waals surface area (Å²) in [4.78, 5) is 29.8. The lowest BCUT2D eigenvalue weighted by Crippen LogP contribution is -2.52. The zero-order chi connectivity index (χ0) is 26.2. The van der Waals surface area contributed by atoms with E-state index in [1.165, 1.54) is 24.7 Å². The lowest BCUT2D eigenvalue weighted by Gasteiger charge is -2.35. The zero-order valence-corrected chi connectivity index (χ0v) is 19.8. The number of nitrogens with one attached hydrogen (secondary N) is 1. The van der Waals surface area contributed by atoms with Crippen molar-refractivity contribution in [2.24, 2.45) is 10.7 Å². The average molecular weight is 499 g/mol. The lowest BCUT2D eigenvalue weighted by atomic mass is 10.0. The number of aliphatic hydroxyl groups excluding tert-OH is 2. The fourth-order valence-corrected chi connectivity index (χ4v) is 3.52. The molecule has 3 atom stereocenters. The minimum absolute atomic E-state index is 0.142. The van der Waals surface area contributed by atoms with Gasteiger partial charge in [-0.1, -0.05) is 0 Å². The molecule has 190 valence electrons. The van der Waals surface area contributed by atoms with Crippen molar-refractivity contribution in [3.8, 4) is 23.2 Å². The van der Waals surface area contributed by atoms with Crippen LogP contribution in [0.3, 0.4) is 0 Å². The van der Waals surface area contributed by atoms with Gasteiger partial charge >= 0.3 is 0 Å². The molecule has 1 fully saturated rings. The summed E-state index contributed by atoms with van der Waals surface area (Å²) in [6, 6.07) is 6.73. The zero-order valence-electron chi connectivity index (χ0n) is 19.8. The van der Waals surface area contributed by atoms with E-state index in [4.69, 9.17) is 15.6 Å². The van der Waals surface area contributed by atoms with Gasteiger partial charge in [0.05, 0.1) is 30.1 Å². The van der Waals surface area contributed by atoms with Crippen LogP contribution in [0, 0.1) is 11.3 Å². The molecule has 0 bridgehead atoms. The first-order valence-electron chi connectivity index (χ1n) is 11.1. The molecule has 0 radical (unpaired) electrons. The lowest BCUT2D eigenvalue weighted by molar-refractivity contribution is -0.146. The number of rotatable bonds is 8. The molecule has 1 amide bonds. The number of carbonyl (C=O) groups excluding carboxylic acids is 1. The third kappa shape index (κ3) is 6.09. The van der Waals surface area contributed by atoms with Gasteiger partial charge in [-0.25, -0.2) is 14.4 Å². The van der Waals surface area contributed by atoms with E-state index in [-0.39, 0.29) is 42.6 Å². The van der Waals surface area contributed by atoms with Gasteiger partial charge in [0, 0.05) is 31.8 Å². The van der Waals surface area contributed by atoms with Gasteiger partial charge in [-0.05, 0) is 25.1 Å². The molecule has 12 nitrogen and oxygen atoms in total. The highest BCUT2D eigenvalue weighted by Gasteiger charge is 2.35. The number of amides is 1. The average Bonchev–Trinajstić information content (AvgIpc) is 2.91. The Kier molecular flexibility index (Phi) is 8.82. The molecular weight excluding hydrogens is 471 g/mol. The minimum Gasteiger partial charge on any atom is -0.486 e. The molecule has 5 N–H and O–H groups in total. The predicted molar refractivity (Wildman–Crippen MR) is 129 cm³/mol. The summed E-state index contributed by atoms with van der Waals surface area (Å²) in [5.74, 6) is -0.0419. The number of piperidine rings is 1. The Labute approximate surface area is 207 Å². The first kappa shape index (κ1) is 26.5. The summed E-state index contributed by atoms with van der Waals surface area (Å²) in [5.41, 5.74) is 7.48. The second-order valence-electron chi connectivity index (χ2n) is 7.91. The third-order valence-electron chi connectivity index (χ3n) is 5.60. The van der Waals surface area contributed by atoms with Crippen molar-refractivity contribution in [2.45, 2.75) is 31.7 Å². The number of aliphatic hydroxyl groups is 2. The number of alkyl halides is 1. The van der Waals surface area contributed by atoms with Gasteiger partial charge in [0.15, 0.2) is 18.1 Å². The van der Waals surface area contributed by atoms with E-state index >= 15 is 0 Å². The monoisotopic (exact) mass is 498 g/mol. The SMILES string of the molecule is CN=C(C)C(=CN)Nc1ncnc(-c2ccc(OC3CCN(C(=O)[C@@H](O)CO)C[C@H]3F)c(C#N)c2)n1. The Hall–Kier alpha value is -4.15. The quantitative estimate of drug-likeness (QED) is 0.371. The van der Waals surface area contributed by atoms with Crippen LogP contribution >= 0.6 is 0 Å². The van der Waals surface area contributed by atoms with E-state index in [0.29, 0.717) is 17.0 Å². The van der Waals surface area contributed by atoms with E-state index in [1.807, 2.05) is 6.07 Å². The van der Waals surface area contributed by atoms with Crippen LogP contribution in [0.1, 0.15) is 18.9 Å². The fraction of sp³-hybridized carbons (Fsp3) is 0.391. The molecule has 1 aromatic carbocycles. The second-order valence-corrected chi connectivity index (χ2v) is 7.91. The van der Waals surface area contributed by atoms with Crippen LogP contribution in [-0.4, -0.2) is 86.8 Å². The van der Waals surface area contributed by atoms with Crippen molar-refractivity contribution in [1.29, 1.82) is 5.26 Å². The molecule has 1 aromatic heterocycles. The van der Waals surface area contributed by atoms with Gasteiger partial charge in [-0.2, -0.15) is 10.2 Å². The number of nitrogens with two attached hydrogens (primary N) is 1. The number of benzene rings is 1. The molecular formula is C23H27FN8O4. The summed E-state index contributed by atoms with van der Waals surface area (Å²) in [5, 5.41) is 31.1. The topological polar surface area (TPSA) is 183 Å². The normalized spacial score (nSPS) is 19.4. The maximum Gasteiger partial charge on any atom is 0.253 e. The smallest absolute Gasteiger partial charge is 0.253 e. The van der Waals surface area contributed by atoms with E-state index in [0.717, 1.165) is 4.90 Å². The summed E-state index contributed by atoms with van der Waals surface area (Å²) in [6.07, 6.45) is -1.21. The number of aliphatic imine (C=N–C) groups is 1. The highest BCUT2D eigenvalue weighted by Crippen LogP contribution is 2.28. The molecule has 1 aliphatic rings. The van der Waals surface area contributed by atoms with Gasteiger partial charge in [-0.3, -0.25) is 9.79 Å². The predicted octanol–water partition coefficient (Wildman–Crippen LogP) is 0.384. The molecule has 0 saturated carbocycles. The number of hydrogen-bond acceptors (Lipinski definition) is 11. The summed E-state index contributed by atoms with van der Waals surface area (Å²) in [6.45, 7) is 0.889. The minimum atomic E-state index is -1.58. The van der Waals surface area contributed by atoms with Crippen molar-refractivity contribution in [3.63, 3.8) is 0 Å². The highest BCUT2D eigenvalue weighted by atomic mass is 19.1. The molecule has 1 aliphatic heterocycles. The first-order chi connectivity index (χ1) is 17.3. The van der Waals surface area contributed by atoms with Crippen LogP contribution < -0.4 is 15.8 Å². The number of likely N-dealkylation sites (tertiary alicyclic amines) is 1. The van der Waals surface area contributed by atoms with Crippen LogP contribution in [0.15, 0.2) is 41.4 Å². The number of allylic oxidation sites excluding steroid dienone is 1. The van der Waals surface area contributed by atoms with Gasteiger partial charge < -0.3 is 30.9 Å². The van der Waals surface area contributed by atoms with E-state index in [1.54, 1.807) is 20.0 Å². The summed E-state index contributed by atoms with van der Waals surface area (Å²) >= 11 is 0. The van der Waals surface area contributed by atoms with Crippen LogP contribution in [-0.2, 0) is 4.79 Å². The standard InChI is InChI=1S/C23H27FN8O4/c1-13(27-2)17(9-26)30-23-29-12-28-21(31-23)14-3-4-19(15(7-14)8-25)36-20-5-6-32(10-16(20)24)22(35)18(34)11-33/h3-4,7,9,12,16,18,20,33-34H,5-6,10-11,26H2,1-2H3,(H,28,29,30,31)/t16-,18+,20?/m1/s1. The van der Waals surface area contributed by atoms with Gasteiger partial charge in [-0.15, -0.1) is 0 Å². The number of carbonyl (C=O) groups is 1. The fourth-order valence-electron chi connectivity index (χ4n) is 3.52. The van der Waals surface area contributed by atoms with Crippen molar-refractivity contribution in [1.82, 2.24) is 19.9 Å². The molecule has 1 saturated heterocycles. The highest BCUT2D eigenvalue weighted by molar-refractivity contribution is 6.00. The number of aromatic nitrogens is 3. The Morgan fingerprint density at radius 2 is 2.28 bits per heavy atom. The second kappa shape index (κ2) is 12.0. The molecule has 3 rings (SSSR count). The van der Waals surface area contributed by atoms with Gasteiger partial charge in [0.1, 0.15) is 24.3 Å². The van der Waals surface area contributed by atoms with Crippen molar-refractivity contribution < 1.29 is 24.1 Å². The van der Waals surface area contributed by atoms with E-state index in [2.05, 4.69) is 25.3 Å². The largest absolute Gasteiger partial charge is 0.486 e. The van der Waals surface area contributed by atoms with Crippen LogP contribution in [0.25, 0.3) is 11.4 Å². The molecule has 1 unspecified atom stereocenters. The maximum absolute atomic E-state index is 14.7. The Morgan fingerprint density at radius 1 is 1.50 bits per heavy atom. The molecule has 36 heavy (non-hydrogen) atoms. The Morgan fingerprint density at radius 3 is 2.92 bits per heavy atom. The summed E-state index contributed by atoms with van der Waals surface area (Å²) < 4.78 is 20.5. The number of nitrogens with zero attached hydrogens (tertiary/aromatic N) is 6. The number of halogens is 1. The van der Waals surface area contributed by atoms with Crippen LogP contribution in [0.2, 0.25) is 0 Å². The van der Waals surface area contributed by atoms with Crippen molar-refractivity contribution in [2.75, 3.05) is 32.1 Å². The van der Waals surface area contributed by atoms with Gasteiger partial charge in [0.25, 0.3) is 5.91 Å². The number of nitriles is 1. The van der Waals surface area contributed by atoms with Crippen molar-refractivity contribution >= 4 is 17.6 Å². The molecule has 2 aromatic rings. The Bertz CT molecular complexity index is 1200. The van der Waals surface area contributed by atoms with E-state index < -0.39 is 30.9 Å². The van der Waals surface area contributed by atoms with Crippen LogP contribution in [0.4, 0.5) is 10.3 Å². The van der Waals surface area contributed by atoms with Crippen molar-refractivity contribution in [3.05, 3.63) is 42.0 Å². The first-order valence-corrected chi connectivity index (χ1v) is 11.1. The summed E-state index contributed by atoms with van der Waals surface area (Å²) in [7, 11) is 1.63. The van der Waals surface area contributed by atoms with E-state index in [9.17, 15) is 19.6 Å². The van der Waals surface area contributed by atoms with Gasteiger partial charge in [0.2, 0.25) is 5.95 Å². The molecule has 0 spiro atoms. The molecule has 2 heterocycles. The Balaban J connectivity index is 1.75.